The summed E-state index contributed by atoms with van der Waals surface area (Å²) in [5.74, 6) is 3.19. The Morgan fingerprint density at radius 1 is 1.14 bits per heavy atom. The number of carbonyl (C=O) groups is 1. The number of hydrogen-bond acceptors (Lipinski definition) is 5. The van der Waals surface area contributed by atoms with E-state index in [4.69, 9.17) is 9.97 Å². The SMILES string of the molecule is CCCCc1nc(N2CCN(C(=O)CCC)CC2)c2c3c(sc2n1)C[C@@H](C)CC3. The Kier molecular flexibility index (Phi) is 6.38. The first-order valence-electron chi connectivity index (χ1n) is 11.4. The Balaban J connectivity index is 1.66. The highest BCUT2D eigenvalue weighted by Gasteiger charge is 2.28. The van der Waals surface area contributed by atoms with Crippen molar-refractivity contribution in [3.63, 3.8) is 0 Å². The van der Waals surface area contributed by atoms with Crippen molar-refractivity contribution >= 4 is 33.3 Å². The number of carbonyl (C=O) groups excluding carboxylic acids is 1. The number of rotatable bonds is 6. The fourth-order valence-electron chi connectivity index (χ4n) is 4.58. The summed E-state index contributed by atoms with van der Waals surface area (Å²) in [5, 5.41) is 1.31. The third-order valence-electron chi connectivity index (χ3n) is 6.33. The van der Waals surface area contributed by atoms with Gasteiger partial charge in [0.25, 0.3) is 0 Å². The molecule has 1 fully saturated rings. The van der Waals surface area contributed by atoms with Crippen LogP contribution in [-0.2, 0) is 24.1 Å². The monoisotopic (exact) mass is 414 g/mol. The Hall–Kier alpha value is -1.69. The smallest absolute Gasteiger partial charge is 0.222 e. The number of piperazine rings is 1. The molecule has 6 heteroatoms. The van der Waals surface area contributed by atoms with Gasteiger partial charge < -0.3 is 9.80 Å². The number of aryl methyl sites for hydroxylation is 2. The third-order valence-corrected chi connectivity index (χ3v) is 7.48. The van der Waals surface area contributed by atoms with Gasteiger partial charge in [0.2, 0.25) is 5.91 Å². The molecule has 0 saturated carbocycles. The molecular weight excluding hydrogens is 380 g/mol. The van der Waals surface area contributed by atoms with Crippen molar-refractivity contribution in [2.75, 3.05) is 31.1 Å². The average Bonchev–Trinajstić information content (AvgIpc) is 3.09. The van der Waals surface area contributed by atoms with Crippen molar-refractivity contribution in [1.82, 2.24) is 14.9 Å². The number of aromatic nitrogens is 2. The maximum absolute atomic E-state index is 12.3. The molecule has 3 heterocycles. The minimum Gasteiger partial charge on any atom is -0.352 e. The van der Waals surface area contributed by atoms with Gasteiger partial charge in [0.05, 0.1) is 5.39 Å². The van der Waals surface area contributed by atoms with E-state index >= 15 is 0 Å². The minimum atomic E-state index is 0.297. The van der Waals surface area contributed by atoms with Crippen LogP contribution in [0.3, 0.4) is 0 Å². The third kappa shape index (κ3) is 4.27. The molecule has 0 bridgehead atoms. The quantitative estimate of drug-likeness (QED) is 0.693. The van der Waals surface area contributed by atoms with Crippen molar-refractivity contribution < 1.29 is 4.79 Å². The van der Waals surface area contributed by atoms with Crippen LogP contribution >= 0.6 is 11.3 Å². The van der Waals surface area contributed by atoms with Crippen LogP contribution in [0.1, 0.15) is 69.1 Å². The van der Waals surface area contributed by atoms with Gasteiger partial charge in [-0.25, -0.2) is 9.97 Å². The van der Waals surface area contributed by atoms with Crippen molar-refractivity contribution in [2.45, 2.75) is 72.1 Å². The first-order valence-corrected chi connectivity index (χ1v) is 12.3. The van der Waals surface area contributed by atoms with Crippen molar-refractivity contribution in [1.29, 1.82) is 0 Å². The molecule has 4 rings (SSSR count). The lowest BCUT2D eigenvalue weighted by Gasteiger charge is -2.36. The predicted octanol–water partition coefficient (Wildman–Crippen LogP) is 4.61. The molecule has 29 heavy (non-hydrogen) atoms. The summed E-state index contributed by atoms with van der Waals surface area (Å²) in [6.45, 7) is 10.0. The molecule has 0 radical (unpaired) electrons. The normalized spacial score (nSPS) is 19.6. The van der Waals surface area contributed by atoms with E-state index in [1.54, 1.807) is 0 Å². The first-order chi connectivity index (χ1) is 14.1. The first kappa shape index (κ1) is 20.6. The molecule has 1 atom stereocenters. The number of unbranched alkanes of at least 4 members (excludes halogenated alkanes) is 1. The van der Waals surface area contributed by atoms with Gasteiger partial charge in [-0.1, -0.05) is 27.2 Å². The van der Waals surface area contributed by atoms with Crippen LogP contribution in [0.2, 0.25) is 0 Å². The van der Waals surface area contributed by atoms with E-state index in [2.05, 4.69) is 25.7 Å². The highest BCUT2D eigenvalue weighted by molar-refractivity contribution is 7.19. The Morgan fingerprint density at radius 2 is 1.93 bits per heavy atom. The average molecular weight is 415 g/mol. The zero-order chi connectivity index (χ0) is 20.4. The molecule has 1 amide bonds. The number of nitrogens with zero attached hydrogens (tertiary/aromatic N) is 4. The molecule has 2 aromatic heterocycles. The lowest BCUT2D eigenvalue weighted by atomic mass is 9.89. The number of hydrogen-bond donors (Lipinski definition) is 0. The zero-order valence-electron chi connectivity index (χ0n) is 18.2. The second-order valence-electron chi connectivity index (χ2n) is 8.72. The number of anilines is 1. The molecule has 1 aliphatic carbocycles. The van der Waals surface area contributed by atoms with Crippen LogP contribution < -0.4 is 4.90 Å². The summed E-state index contributed by atoms with van der Waals surface area (Å²) < 4.78 is 0. The van der Waals surface area contributed by atoms with Crippen molar-refractivity contribution in [3.8, 4) is 0 Å². The summed E-state index contributed by atoms with van der Waals surface area (Å²) >= 11 is 1.90. The molecule has 1 saturated heterocycles. The molecule has 5 nitrogen and oxygen atoms in total. The zero-order valence-corrected chi connectivity index (χ0v) is 19.0. The van der Waals surface area contributed by atoms with E-state index in [1.807, 2.05) is 16.2 Å². The molecule has 1 aliphatic heterocycles. The van der Waals surface area contributed by atoms with E-state index in [0.717, 1.165) is 75.8 Å². The summed E-state index contributed by atoms with van der Waals surface area (Å²) in [7, 11) is 0. The number of amides is 1. The molecule has 158 valence electrons. The van der Waals surface area contributed by atoms with E-state index in [1.165, 1.54) is 33.5 Å². The number of fused-ring (bicyclic) bond motifs is 3. The lowest BCUT2D eigenvalue weighted by molar-refractivity contribution is -0.131. The maximum Gasteiger partial charge on any atom is 0.222 e. The topological polar surface area (TPSA) is 49.3 Å². The van der Waals surface area contributed by atoms with Gasteiger partial charge in [-0.05, 0) is 43.6 Å². The molecule has 0 N–H and O–H groups in total. The predicted molar refractivity (Wildman–Crippen MR) is 121 cm³/mol. The molecule has 0 unspecified atom stereocenters. The van der Waals surface area contributed by atoms with Gasteiger partial charge in [-0.2, -0.15) is 0 Å². The van der Waals surface area contributed by atoms with Crippen LogP contribution in [0, 0.1) is 5.92 Å². The van der Waals surface area contributed by atoms with Crippen LogP contribution in [-0.4, -0.2) is 47.0 Å². The summed E-state index contributed by atoms with van der Waals surface area (Å²) in [5.41, 5.74) is 1.50. The Bertz CT molecular complexity index is 869. The second kappa shape index (κ2) is 8.99. The summed E-state index contributed by atoms with van der Waals surface area (Å²) in [6.07, 6.45) is 8.42. The summed E-state index contributed by atoms with van der Waals surface area (Å²) in [6, 6.07) is 0. The fourth-order valence-corrected chi connectivity index (χ4v) is 5.98. The molecule has 0 spiro atoms. The molecule has 2 aromatic rings. The van der Waals surface area contributed by atoms with Gasteiger partial charge in [-0.3, -0.25) is 4.79 Å². The van der Waals surface area contributed by atoms with E-state index in [0.29, 0.717) is 12.3 Å². The number of thiophene rings is 1. The Labute approximate surface area is 178 Å². The van der Waals surface area contributed by atoms with Gasteiger partial charge in [-0.15, -0.1) is 11.3 Å². The van der Waals surface area contributed by atoms with Crippen LogP contribution in [0.4, 0.5) is 5.82 Å². The standard InChI is InChI=1S/C23H34N4OS/c1-4-6-8-19-24-22(27-13-11-26(12-14-27)20(28)7-5-2)21-17-10-9-16(3)15-18(17)29-23(21)25-19/h16H,4-15H2,1-3H3/t16-/m0/s1. The maximum atomic E-state index is 12.3. The highest BCUT2D eigenvalue weighted by atomic mass is 32.1. The minimum absolute atomic E-state index is 0.297. The van der Waals surface area contributed by atoms with Gasteiger partial charge in [0.15, 0.2) is 0 Å². The van der Waals surface area contributed by atoms with Crippen LogP contribution in [0.15, 0.2) is 0 Å². The van der Waals surface area contributed by atoms with Gasteiger partial charge in [0, 0.05) is 43.9 Å². The molecular formula is C23H34N4OS. The van der Waals surface area contributed by atoms with E-state index in [9.17, 15) is 4.79 Å². The highest BCUT2D eigenvalue weighted by Crippen LogP contribution is 2.41. The van der Waals surface area contributed by atoms with Gasteiger partial charge in [0.1, 0.15) is 16.5 Å². The van der Waals surface area contributed by atoms with Crippen LogP contribution in [0.25, 0.3) is 10.2 Å². The largest absolute Gasteiger partial charge is 0.352 e. The van der Waals surface area contributed by atoms with E-state index in [-0.39, 0.29) is 0 Å². The summed E-state index contributed by atoms with van der Waals surface area (Å²) in [4.78, 5) is 29.5. The second-order valence-corrected chi connectivity index (χ2v) is 9.80. The molecule has 2 aliphatic rings. The van der Waals surface area contributed by atoms with E-state index < -0.39 is 0 Å². The van der Waals surface area contributed by atoms with Crippen LogP contribution in [0.5, 0.6) is 0 Å². The Morgan fingerprint density at radius 3 is 2.66 bits per heavy atom. The fraction of sp³-hybridized carbons (Fsp3) is 0.696. The lowest BCUT2D eigenvalue weighted by Crippen LogP contribution is -2.49. The molecule has 0 aromatic carbocycles. The van der Waals surface area contributed by atoms with Crippen molar-refractivity contribution in [3.05, 3.63) is 16.3 Å². The van der Waals surface area contributed by atoms with Gasteiger partial charge >= 0.3 is 0 Å². The van der Waals surface area contributed by atoms with Crippen molar-refractivity contribution in [2.24, 2.45) is 5.92 Å².